The SMILES string of the molecule is CCNC(=O)c1ccc(NCCC(=O)NC2CC2)nn1. The van der Waals surface area contributed by atoms with E-state index in [0.29, 0.717) is 31.4 Å². The second kappa shape index (κ2) is 6.83. The minimum atomic E-state index is -0.240. The van der Waals surface area contributed by atoms with Crippen LogP contribution in [0.5, 0.6) is 0 Å². The van der Waals surface area contributed by atoms with Crippen molar-refractivity contribution in [2.75, 3.05) is 18.4 Å². The van der Waals surface area contributed by atoms with Crippen molar-refractivity contribution in [2.24, 2.45) is 0 Å². The summed E-state index contributed by atoms with van der Waals surface area (Å²) in [5, 5.41) is 16.3. The number of aromatic nitrogens is 2. The van der Waals surface area contributed by atoms with E-state index >= 15 is 0 Å². The molecule has 0 spiro atoms. The Bertz CT molecular complexity index is 470. The number of carbonyl (C=O) groups is 2. The van der Waals surface area contributed by atoms with E-state index in [1.54, 1.807) is 12.1 Å². The Morgan fingerprint density at radius 1 is 1.30 bits per heavy atom. The van der Waals surface area contributed by atoms with E-state index < -0.39 is 0 Å². The van der Waals surface area contributed by atoms with E-state index in [0.717, 1.165) is 12.8 Å². The van der Waals surface area contributed by atoms with E-state index in [4.69, 9.17) is 0 Å². The number of hydrogen-bond donors (Lipinski definition) is 3. The van der Waals surface area contributed by atoms with Gasteiger partial charge >= 0.3 is 0 Å². The molecule has 20 heavy (non-hydrogen) atoms. The average molecular weight is 277 g/mol. The molecule has 1 aliphatic rings. The van der Waals surface area contributed by atoms with Crippen molar-refractivity contribution >= 4 is 17.6 Å². The standard InChI is InChI=1S/C13H19N5O2/c1-2-14-13(20)10-5-6-11(18-17-10)15-8-7-12(19)16-9-3-4-9/h5-6,9H,2-4,7-8H2,1H3,(H,14,20)(H,15,18)(H,16,19). The van der Waals surface area contributed by atoms with E-state index in [2.05, 4.69) is 26.1 Å². The van der Waals surface area contributed by atoms with Gasteiger partial charge in [0.15, 0.2) is 5.69 Å². The minimum Gasteiger partial charge on any atom is -0.368 e. The van der Waals surface area contributed by atoms with Gasteiger partial charge in [0.1, 0.15) is 5.82 Å². The second-order valence-electron chi connectivity index (χ2n) is 4.68. The lowest BCUT2D eigenvalue weighted by atomic mass is 10.3. The van der Waals surface area contributed by atoms with Crippen molar-refractivity contribution in [3.8, 4) is 0 Å². The van der Waals surface area contributed by atoms with Crippen molar-refractivity contribution in [2.45, 2.75) is 32.2 Å². The number of anilines is 1. The van der Waals surface area contributed by atoms with Crippen molar-refractivity contribution in [3.05, 3.63) is 17.8 Å². The van der Waals surface area contributed by atoms with Gasteiger partial charge in [0.05, 0.1) is 0 Å². The zero-order valence-electron chi connectivity index (χ0n) is 11.5. The molecular formula is C13H19N5O2. The maximum Gasteiger partial charge on any atom is 0.271 e. The highest BCUT2D eigenvalue weighted by molar-refractivity contribution is 5.92. The first-order valence-electron chi connectivity index (χ1n) is 6.84. The van der Waals surface area contributed by atoms with Gasteiger partial charge in [-0.25, -0.2) is 0 Å². The zero-order chi connectivity index (χ0) is 14.4. The van der Waals surface area contributed by atoms with Crippen LogP contribution in [0, 0.1) is 0 Å². The Kier molecular flexibility index (Phi) is 4.86. The molecule has 0 saturated heterocycles. The summed E-state index contributed by atoms with van der Waals surface area (Å²) in [6.45, 7) is 2.89. The maximum absolute atomic E-state index is 11.5. The van der Waals surface area contributed by atoms with Gasteiger partial charge in [-0.3, -0.25) is 9.59 Å². The molecule has 2 amide bonds. The summed E-state index contributed by atoms with van der Waals surface area (Å²) in [6, 6.07) is 3.67. The van der Waals surface area contributed by atoms with Crippen molar-refractivity contribution in [1.29, 1.82) is 0 Å². The molecule has 108 valence electrons. The van der Waals surface area contributed by atoms with Gasteiger partial charge in [0, 0.05) is 25.6 Å². The van der Waals surface area contributed by atoms with Crippen LogP contribution in [0.2, 0.25) is 0 Å². The lowest BCUT2D eigenvalue weighted by molar-refractivity contribution is -0.120. The molecule has 1 fully saturated rings. The van der Waals surface area contributed by atoms with Crippen molar-refractivity contribution in [1.82, 2.24) is 20.8 Å². The summed E-state index contributed by atoms with van der Waals surface area (Å²) in [5.74, 6) is 0.361. The van der Waals surface area contributed by atoms with Crippen LogP contribution in [0.1, 0.15) is 36.7 Å². The Morgan fingerprint density at radius 2 is 2.10 bits per heavy atom. The summed E-state index contributed by atoms with van der Waals surface area (Å²) in [6.07, 6.45) is 2.58. The minimum absolute atomic E-state index is 0.0481. The van der Waals surface area contributed by atoms with Crippen LogP contribution in [-0.4, -0.2) is 41.1 Å². The Morgan fingerprint density at radius 3 is 2.70 bits per heavy atom. The van der Waals surface area contributed by atoms with Crippen molar-refractivity contribution < 1.29 is 9.59 Å². The molecule has 1 saturated carbocycles. The number of amides is 2. The maximum atomic E-state index is 11.5. The third-order valence-corrected chi connectivity index (χ3v) is 2.84. The summed E-state index contributed by atoms with van der Waals surface area (Å²) < 4.78 is 0. The number of carbonyl (C=O) groups excluding carboxylic acids is 2. The summed E-state index contributed by atoms with van der Waals surface area (Å²) >= 11 is 0. The summed E-state index contributed by atoms with van der Waals surface area (Å²) in [5.41, 5.74) is 0.281. The van der Waals surface area contributed by atoms with Gasteiger partial charge in [-0.1, -0.05) is 0 Å². The normalized spacial score (nSPS) is 13.7. The molecule has 3 N–H and O–H groups in total. The van der Waals surface area contributed by atoms with Gasteiger partial charge in [0.2, 0.25) is 5.91 Å². The number of nitrogens with zero attached hydrogens (tertiary/aromatic N) is 2. The van der Waals surface area contributed by atoms with Gasteiger partial charge in [-0.05, 0) is 31.9 Å². The molecule has 7 heteroatoms. The van der Waals surface area contributed by atoms with Crippen LogP contribution in [0.4, 0.5) is 5.82 Å². The highest BCUT2D eigenvalue weighted by Crippen LogP contribution is 2.18. The summed E-state index contributed by atoms with van der Waals surface area (Å²) in [7, 11) is 0. The van der Waals surface area contributed by atoms with Crippen LogP contribution in [0.25, 0.3) is 0 Å². The third-order valence-electron chi connectivity index (χ3n) is 2.84. The molecule has 1 aliphatic carbocycles. The Balaban J connectivity index is 1.72. The quantitative estimate of drug-likeness (QED) is 0.666. The smallest absolute Gasteiger partial charge is 0.271 e. The molecule has 1 aromatic rings. The lowest BCUT2D eigenvalue weighted by Gasteiger charge is -2.06. The van der Waals surface area contributed by atoms with Crippen LogP contribution >= 0.6 is 0 Å². The fraction of sp³-hybridized carbons (Fsp3) is 0.538. The molecule has 1 heterocycles. The first-order valence-corrected chi connectivity index (χ1v) is 6.84. The van der Waals surface area contributed by atoms with E-state index in [-0.39, 0.29) is 17.5 Å². The number of rotatable bonds is 7. The lowest BCUT2D eigenvalue weighted by Crippen LogP contribution is -2.27. The molecule has 2 rings (SSSR count). The highest BCUT2D eigenvalue weighted by Gasteiger charge is 2.22. The highest BCUT2D eigenvalue weighted by atomic mass is 16.2. The largest absolute Gasteiger partial charge is 0.368 e. The van der Waals surface area contributed by atoms with E-state index in [9.17, 15) is 9.59 Å². The molecule has 0 aromatic carbocycles. The molecule has 0 aliphatic heterocycles. The fourth-order valence-electron chi connectivity index (χ4n) is 1.63. The van der Waals surface area contributed by atoms with Gasteiger partial charge < -0.3 is 16.0 Å². The first kappa shape index (κ1) is 14.2. The Hall–Kier alpha value is -2.18. The van der Waals surface area contributed by atoms with Crippen LogP contribution in [0.15, 0.2) is 12.1 Å². The first-order chi connectivity index (χ1) is 9.69. The molecule has 1 aromatic heterocycles. The molecule has 0 atom stereocenters. The molecular weight excluding hydrogens is 258 g/mol. The van der Waals surface area contributed by atoms with E-state index in [1.807, 2.05) is 6.92 Å². The third kappa shape index (κ3) is 4.49. The topological polar surface area (TPSA) is 96.0 Å². The average Bonchev–Trinajstić information content (AvgIpc) is 3.23. The molecule has 0 radical (unpaired) electrons. The van der Waals surface area contributed by atoms with E-state index in [1.165, 1.54) is 0 Å². The Labute approximate surface area is 117 Å². The zero-order valence-corrected chi connectivity index (χ0v) is 11.5. The number of nitrogens with one attached hydrogen (secondary N) is 3. The van der Waals surface area contributed by atoms with Crippen LogP contribution in [0.3, 0.4) is 0 Å². The van der Waals surface area contributed by atoms with Crippen molar-refractivity contribution in [3.63, 3.8) is 0 Å². The predicted octanol–water partition coefficient (Wildman–Crippen LogP) is 0.307. The van der Waals surface area contributed by atoms with Gasteiger partial charge in [-0.2, -0.15) is 0 Å². The predicted molar refractivity (Wildman–Crippen MR) is 74.3 cm³/mol. The van der Waals surface area contributed by atoms with Gasteiger partial charge in [0.25, 0.3) is 5.91 Å². The summed E-state index contributed by atoms with van der Waals surface area (Å²) in [4.78, 5) is 22.9. The molecule has 7 nitrogen and oxygen atoms in total. The molecule has 0 unspecified atom stereocenters. The second-order valence-corrected chi connectivity index (χ2v) is 4.68. The van der Waals surface area contributed by atoms with Crippen LogP contribution in [-0.2, 0) is 4.79 Å². The molecule has 0 bridgehead atoms. The monoisotopic (exact) mass is 277 g/mol. The fourth-order valence-corrected chi connectivity index (χ4v) is 1.63. The van der Waals surface area contributed by atoms with Crippen LogP contribution < -0.4 is 16.0 Å². The van der Waals surface area contributed by atoms with Gasteiger partial charge in [-0.15, -0.1) is 10.2 Å². The number of hydrogen-bond acceptors (Lipinski definition) is 5.